The van der Waals surface area contributed by atoms with E-state index in [0.717, 1.165) is 32.1 Å². The maximum Gasteiger partial charge on any atom is 0.320 e. The summed E-state index contributed by atoms with van der Waals surface area (Å²) >= 11 is 0. The van der Waals surface area contributed by atoms with E-state index in [9.17, 15) is 9.59 Å². The predicted molar refractivity (Wildman–Crippen MR) is 85.3 cm³/mol. The Morgan fingerprint density at radius 1 is 1.19 bits per heavy atom. The van der Waals surface area contributed by atoms with Gasteiger partial charge in [-0.3, -0.25) is 14.5 Å². The van der Waals surface area contributed by atoms with Crippen LogP contribution in [0.15, 0.2) is 12.2 Å². The van der Waals surface area contributed by atoms with Crippen molar-refractivity contribution in [3.63, 3.8) is 0 Å². The summed E-state index contributed by atoms with van der Waals surface area (Å²) in [6, 6.07) is -0.438. The van der Waals surface area contributed by atoms with Gasteiger partial charge >= 0.3 is 5.97 Å². The van der Waals surface area contributed by atoms with Crippen LogP contribution in [-0.2, 0) is 9.59 Å². The molecule has 0 unspecified atom stereocenters. The van der Waals surface area contributed by atoms with Crippen molar-refractivity contribution in [1.82, 2.24) is 10.2 Å². The zero-order valence-electron chi connectivity index (χ0n) is 13.6. The van der Waals surface area contributed by atoms with Gasteiger partial charge < -0.3 is 10.4 Å². The van der Waals surface area contributed by atoms with Gasteiger partial charge in [-0.25, -0.2) is 0 Å². The number of hydrogen-bond donors (Lipinski definition) is 2. The molecule has 0 aromatic heterocycles. The van der Waals surface area contributed by atoms with Gasteiger partial charge in [0.15, 0.2) is 0 Å². The molecule has 5 nitrogen and oxygen atoms in total. The van der Waals surface area contributed by atoms with Crippen LogP contribution in [0.4, 0.5) is 0 Å². The maximum atomic E-state index is 11.6. The Bertz CT molecular complexity index is 327. The largest absolute Gasteiger partial charge is 0.480 e. The van der Waals surface area contributed by atoms with Gasteiger partial charge in [0.1, 0.15) is 6.04 Å². The third-order valence-corrected chi connectivity index (χ3v) is 3.40. The fraction of sp³-hybridized carbons (Fsp3) is 0.750. The van der Waals surface area contributed by atoms with Crippen LogP contribution in [0.5, 0.6) is 0 Å². The molecule has 0 aliphatic rings. The van der Waals surface area contributed by atoms with Crippen LogP contribution < -0.4 is 5.32 Å². The molecule has 0 aliphatic heterocycles. The van der Waals surface area contributed by atoms with E-state index in [0.29, 0.717) is 19.4 Å². The number of rotatable bonds is 12. The van der Waals surface area contributed by atoms with Gasteiger partial charge in [0.2, 0.25) is 5.91 Å². The second-order valence-corrected chi connectivity index (χ2v) is 5.48. The number of carboxylic acids is 1. The molecule has 0 bridgehead atoms. The van der Waals surface area contributed by atoms with Crippen molar-refractivity contribution in [3.8, 4) is 0 Å². The fourth-order valence-electron chi connectivity index (χ4n) is 2.10. The van der Waals surface area contributed by atoms with Crippen LogP contribution in [0.25, 0.3) is 0 Å². The second kappa shape index (κ2) is 12.4. The molecule has 0 rings (SSSR count). The topological polar surface area (TPSA) is 69.6 Å². The van der Waals surface area contributed by atoms with Gasteiger partial charge in [-0.15, -0.1) is 0 Å². The van der Waals surface area contributed by atoms with Crippen molar-refractivity contribution < 1.29 is 14.7 Å². The first-order valence-corrected chi connectivity index (χ1v) is 7.76. The lowest BCUT2D eigenvalue weighted by atomic mass is 10.1. The molecular formula is C16H30N2O3. The first-order valence-electron chi connectivity index (χ1n) is 7.76. The van der Waals surface area contributed by atoms with E-state index in [1.807, 2.05) is 13.0 Å². The molecule has 0 aliphatic carbocycles. The molecule has 1 amide bonds. The Labute approximate surface area is 128 Å². The fourth-order valence-corrected chi connectivity index (χ4v) is 2.10. The number of carbonyl (C=O) groups excluding carboxylic acids is 1. The third-order valence-electron chi connectivity index (χ3n) is 3.40. The van der Waals surface area contributed by atoms with E-state index >= 15 is 0 Å². The number of nitrogens with zero attached hydrogens (tertiary/aromatic N) is 1. The molecule has 122 valence electrons. The van der Waals surface area contributed by atoms with Crippen LogP contribution in [0.3, 0.4) is 0 Å². The van der Waals surface area contributed by atoms with Crippen molar-refractivity contribution in [1.29, 1.82) is 0 Å². The van der Waals surface area contributed by atoms with Crippen molar-refractivity contribution in [2.75, 3.05) is 20.6 Å². The maximum absolute atomic E-state index is 11.6. The molecule has 0 saturated heterocycles. The highest BCUT2D eigenvalue weighted by atomic mass is 16.4. The number of allylic oxidation sites excluding steroid dienone is 2. The molecule has 5 heteroatoms. The minimum absolute atomic E-state index is 0.0953. The second-order valence-electron chi connectivity index (χ2n) is 5.48. The van der Waals surface area contributed by atoms with E-state index in [1.165, 1.54) is 0 Å². The lowest BCUT2D eigenvalue weighted by molar-refractivity contribution is -0.142. The number of amides is 1. The summed E-state index contributed by atoms with van der Waals surface area (Å²) in [6.07, 6.45) is 9.94. The molecular weight excluding hydrogens is 268 g/mol. The Kier molecular flexibility index (Phi) is 11.6. The molecule has 21 heavy (non-hydrogen) atoms. The lowest BCUT2D eigenvalue weighted by Gasteiger charge is -2.19. The minimum atomic E-state index is -0.787. The molecule has 0 radical (unpaired) electrons. The summed E-state index contributed by atoms with van der Waals surface area (Å²) < 4.78 is 0. The number of likely N-dealkylation sites (N-methyl/N-ethyl adjacent to an activating group) is 1. The normalized spacial score (nSPS) is 12.8. The van der Waals surface area contributed by atoms with E-state index in [4.69, 9.17) is 5.11 Å². The highest BCUT2D eigenvalue weighted by molar-refractivity contribution is 5.75. The van der Waals surface area contributed by atoms with Gasteiger partial charge in [0.25, 0.3) is 0 Å². The SMILES string of the molecule is C/C=C/CCCCC(=O)NCCCC[C@@H](C(=O)O)N(C)C. The number of nitrogens with one attached hydrogen (secondary N) is 1. The van der Waals surface area contributed by atoms with E-state index in [-0.39, 0.29) is 5.91 Å². The number of unbranched alkanes of at least 4 members (excludes halogenated alkanes) is 3. The molecule has 1 atom stereocenters. The highest BCUT2D eigenvalue weighted by Gasteiger charge is 2.18. The van der Waals surface area contributed by atoms with Gasteiger partial charge in [-0.1, -0.05) is 12.2 Å². The zero-order chi connectivity index (χ0) is 16.1. The number of aliphatic carboxylic acids is 1. The minimum Gasteiger partial charge on any atom is -0.480 e. The summed E-state index contributed by atoms with van der Waals surface area (Å²) in [6.45, 7) is 2.63. The Morgan fingerprint density at radius 2 is 1.90 bits per heavy atom. The summed E-state index contributed by atoms with van der Waals surface area (Å²) in [5.41, 5.74) is 0. The average Bonchev–Trinajstić information content (AvgIpc) is 2.41. The lowest BCUT2D eigenvalue weighted by Crippen LogP contribution is -2.35. The molecule has 0 aromatic rings. The van der Waals surface area contributed by atoms with Crippen LogP contribution in [-0.4, -0.2) is 48.6 Å². The summed E-state index contributed by atoms with van der Waals surface area (Å²) in [5.74, 6) is -0.692. The number of carboxylic acid groups (broad SMARTS) is 1. The molecule has 0 heterocycles. The van der Waals surface area contributed by atoms with E-state index in [1.54, 1.807) is 19.0 Å². The van der Waals surface area contributed by atoms with Gasteiger partial charge in [0, 0.05) is 13.0 Å². The van der Waals surface area contributed by atoms with Crippen molar-refractivity contribution >= 4 is 11.9 Å². The van der Waals surface area contributed by atoms with Gasteiger partial charge in [-0.2, -0.15) is 0 Å². The number of hydrogen-bond acceptors (Lipinski definition) is 3. The van der Waals surface area contributed by atoms with Crippen molar-refractivity contribution in [3.05, 3.63) is 12.2 Å². The monoisotopic (exact) mass is 298 g/mol. The van der Waals surface area contributed by atoms with Crippen LogP contribution >= 0.6 is 0 Å². The van der Waals surface area contributed by atoms with E-state index in [2.05, 4.69) is 11.4 Å². The Morgan fingerprint density at radius 3 is 2.48 bits per heavy atom. The van der Waals surface area contributed by atoms with Crippen LogP contribution in [0, 0.1) is 0 Å². The Balaban J connectivity index is 3.57. The smallest absolute Gasteiger partial charge is 0.320 e. The standard InChI is InChI=1S/C16H30N2O3/c1-4-5-6-7-8-12-15(19)17-13-10-9-11-14(16(20)21)18(2)3/h4-5,14H,6-13H2,1-3H3,(H,17,19)(H,20,21)/b5-4+/t14-/m0/s1. The summed E-state index contributed by atoms with van der Waals surface area (Å²) in [4.78, 5) is 24.3. The van der Waals surface area contributed by atoms with Crippen molar-refractivity contribution in [2.24, 2.45) is 0 Å². The number of carbonyl (C=O) groups is 2. The van der Waals surface area contributed by atoms with Crippen LogP contribution in [0.1, 0.15) is 51.9 Å². The van der Waals surface area contributed by atoms with Gasteiger partial charge in [-0.05, 0) is 59.5 Å². The zero-order valence-corrected chi connectivity index (χ0v) is 13.6. The predicted octanol–water partition coefficient (Wildman–Crippen LogP) is 2.42. The quantitative estimate of drug-likeness (QED) is 0.429. The summed E-state index contributed by atoms with van der Waals surface area (Å²) in [7, 11) is 3.54. The van der Waals surface area contributed by atoms with Gasteiger partial charge in [0.05, 0.1) is 0 Å². The Hall–Kier alpha value is -1.36. The molecule has 0 spiro atoms. The molecule has 0 saturated carbocycles. The third kappa shape index (κ3) is 11.0. The first kappa shape index (κ1) is 19.6. The summed E-state index contributed by atoms with van der Waals surface area (Å²) in [5, 5.41) is 11.9. The first-order chi connectivity index (χ1) is 9.99. The van der Waals surface area contributed by atoms with E-state index < -0.39 is 12.0 Å². The average molecular weight is 298 g/mol. The molecule has 2 N–H and O–H groups in total. The molecule has 0 fully saturated rings. The highest BCUT2D eigenvalue weighted by Crippen LogP contribution is 2.06. The molecule has 0 aromatic carbocycles. The van der Waals surface area contributed by atoms with Crippen LogP contribution in [0.2, 0.25) is 0 Å². The van der Waals surface area contributed by atoms with Crippen molar-refractivity contribution in [2.45, 2.75) is 57.9 Å².